The predicted octanol–water partition coefficient (Wildman–Crippen LogP) is 2.17. The van der Waals surface area contributed by atoms with Crippen LogP contribution in [0.1, 0.15) is 5.56 Å². The second kappa shape index (κ2) is 4.86. The summed E-state index contributed by atoms with van der Waals surface area (Å²) in [6, 6.07) is 9.38. The zero-order valence-corrected chi connectivity index (χ0v) is 9.38. The molecule has 0 saturated carbocycles. The largest absolute Gasteiger partial charge is 0.357 e. The van der Waals surface area contributed by atoms with Crippen molar-refractivity contribution in [3.8, 4) is 6.07 Å². The Morgan fingerprint density at radius 1 is 1.31 bits per heavy atom. The van der Waals surface area contributed by atoms with E-state index >= 15 is 0 Å². The van der Waals surface area contributed by atoms with Crippen LogP contribution in [0.25, 0.3) is 0 Å². The van der Waals surface area contributed by atoms with Gasteiger partial charge in [-0.3, -0.25) is 4.79 Å². The lowest BCUT2D eigenvalue weighted by Crippen LogP contribution is -2.13. The van der Waals surface area contributed by atoms with Crippen LogP contribution in [0, 0.1) is 11.3 Å². The third-order valence-corrected chi connectivity index (χ3v) is 3.18. The molecule has 16 heavy (non-hydrogen) atoms. The van der Waals surface area contributed by atoms with Gasteiger partial charge in [0, 0.05) is 17.5 Å². The average Bonchev–Trinajstić information content (AvgIpc) is 2.30. The van der Waals surface area contributed by atoms with Gasteiger partial charge in [-0.2, -0.15) is 5.26 Å². The van der Waals surface area contributed by atoms with E-state index in [0.717, 1.165) is 17.1 Å². The van der Waals surface area contributed by atoms with Gasteiger partial charge in [-0.05, 0) is 12.1 Å². The molecule has 0 unspecified atom stereocenters. The molecule has 0 spiro atoms. The van der Waals surface area contributed by atoms with E-state index in [0.29, 0.717) is 11.3 Å². The van der Waals surface area contributed by atoms with Crippen molar-refractivity contribution in [1.82, 2.24) is 0 Å². The summed E-state index contributed by atoms with van der Waals surface area (Å²) in [6.45, 7) is 0. The third-order valence-electron chi connectivity index (χ3n) is 2.18. The zero-order chi connectivity index (χ0) is 11.4. The minimum atomic E-state index is 0.119. The molecule has 0 aromatic heterocycles. The van der Waals surface area contributed by atoms with Crippen molar-refractivity contribution >= 4 is 23.2 Å². The molecule has 0 atom stereocenters. The quantitative estimate of drug-likeness (QED) is 0.846. The van der Waals surface area contributed by atoms with Crippen LogP contribution in [0.3, 0.4) is 0 Å². The molecule has 0 saturated heterocycles. The van der Waals surface area contributed by atoms with Gasteiger partial charge in [0.1, 0.15) is 6.07 Å². The predicted molar refractivity (Wildman–Crippen MR) is 65.2 cm³/mol. The monoisotopic (exact) mass is 230 g/mol. The number of rotatable bonds is 2. The van der Waals surface area contributed by atoms with E-state index < -0.39 is 0 Å². The van der Waals surface area contributed by atoms with Crippen molar-refractivity contribution in [3.05, 3.63) is 41.6 Å². The fourth-order valence-corrected chi connectivity index (χ4v) is 2.24. The minimum absolute atomic E-state index is 0.119. The van der Waals surface area contributed by atoms with Gasteiger partial charge in [0.05, 0.1) is 17.0 Å². The molecule has 3 nitrogen and oxygen atoms in total. The number of hydrogen-bond acceptors (Lipinski definition) is 4. The molecular weight excluding hydrogens is 220 g/mol. The number of nitrogens with zero attached hydrogens (tertiary/aromatic N) is 1. The van der Waals surface area contributed by atoms with Gasteiger partial charge in [0.2, 0.25) is 0 Å². The molecule has 1 aliphatic heterocycles. The number of allylic oxidation sites excluding steroid dienone is 1. The molecule has 80 valence electrons. The van der Waals surface area contributed by atoms with Gasteiger partial charge in [-0.1, -0.05) is 12.1 Å². The highest BCUT2D eigenvalue weighted by atomic mass is 32.2. The Kier molecular flexibility index (Phi) is 3.28. The maximum absolute atomic E-state index is 11.2. The lowest BCUT2D eigenvalue weighted by atomic mass is 10.2. The number of carbonyl (C=O) groups excluding carboxylic acids is 1. The first-order valence-corrected chi connectivity index (χ1v) is 6.02. The first-order valence-electron chi connectivity index (χ1n) is 4.87. The lowest BCUT2D eigenvalue weighted by Gasteiger charge is -2.14. The fourth-order valence-electron chi connectivity index (χ4n) is 1.47. The molecule has 0 aliphatic carbocycles. The SMILES string of the molecule is N#Cc1ccccc1NC1=CC(=O)CSC1. The molecule has 0 amide bonds. The Bertz CT molecular complexity index is 488. The Morgan fingerprint density at radius 2 is 2.12 bits per heavy atom. The van der Waals surface area contributed by atoms with Crippen molar-refractivity contribution in [1.29, 1.82) is 5.26 Å². The Balaban J connectivity index is 2.21. The van der Waals surface area contributed by atoms with E-state index in [1.165, 1.54) is 0 Å². The second-order valence-electron chi connectivity index (χ2n) is 3.41. The molecule has 1 aromatic rings. The first kappa shape index (κ1) is 10.8. The summed E-state index contributed by atoms with van der Waals surface area (Å²) in [5.74, 6) is 1.45. The van der Waals surface area contributed by atoms with Crippen LogP contribution in [0.4, 0.5) is 5.69 Å². The van der Waals surface area contributed by atoms with Crippen molar-refractivity contribution in [2.24, 2.45) is 0 Å². The summed E-state index contributed by atoms with van der Waals surface area (Å²) in [7, 11) is 0. The highest BCUT2D eigenvalue weighted by molar-refractivity contribution is 8.00. The number of benzene rings is 1. The Hall–Kier alpha value is -1.73. The van der Waals surface area contributed by atoms with Gasteiger partial charge in [0.25, 0.3) is 0 Å². The molecule has 1 aromatic carbocycles. The third kappa shape index (κ3) is 2.44. The highest BCUT2D eigenvalue weighted by Gasteiger charge is 2.11. The van der Waals surface area contributed by atoms with Crippen LogP contribution < -0.4 is 5.32 Å². The zero-order valence-electron chi connectivity index (χ0n) is 8.56. The molecular formula is C12H10N2OS. The van der Waals surface area contributed by atoms with Gasteiger partial charge in [-0.25, -0.2) is 0 Å². The summed E-state index contributed by atoms with van der Waals surface area (Å²) in [5, 5.41) is 12.0. The maximum Gasteiger partial charge on any atom is 0.167 e. The van der Waals surface area contributed by atoms with Gasteiger partial charge in [-0.15, -0.1) is 11.8 Å². The van der Waals surface area contributed by atoms with E-state index in [1.807, 2.05) is 18.2 Å². The van der Waals surface area contributed by atoms with E-state index in [4.69, 9.17) is 5.26 Å². The van der Waals surface area contributed by atoms with E-state index in [2.05, 4.69) is 11.4 Å². The number of hydrogen-bond donors (Lipinski definition) is 1. The van der Waals surface area contributed by atoms with E-state index in [-0.39, 0.29) is 5.78 Å². The topological polar surface area (TPSA) is 52.9 Å². The van der Waals surface area contributed by atoms with Crippen LogP contribution in [0.2, 0.25) is 0 Å². The normalized spacial score (nSPS) is 15.2. The van der Waals surface area contributed by atoms with Crippen molar-refractivity contribution in [3.63, 3.8) is 0 Å². The number of thioether (sulfide) groups is 1. The number of anilines is 1. The first-order chi connectivity index (χ1) is 7.79. The lowest BCUT2D eigenvalue weighted by molar-refractivity contribution is -0.112. The molecule has 0 radical (unpaired) electrons. The maximum atomic E-state index is 11.2. The van der Waals surface area contributed by atoms with Crippen molar-refractivity contribution in [2.45, 2.75) is 0 Å². The second-order valence-corrected chi connectivity index (χ2v) is 4.40. The number of nitriles is 1. The van der Waals surface area contributed by atoms with Gasteiger partial charge >= 0.3 is 0 Å². The van der Waals surface area contributed by atoms with Gasteiger partial charge in [0.15, 0.2) is 5.78 Å². The minimum Gasteiger partial charge on any atom is -0.357 e. The molecule has 2 rings (SSSR count). The summed E-state index contributed by atoms with van der Waals surface area (Å²) in [5.41, 5.74) is 2.21. The standard InChI is InChI=1S/C12H10N2OS/c13-6-9-3-1-2-4-12(9)14-10-5-11(15)8-16-7-10/h1-5,14H,7-8H2. The van der Waals surface area contributed by atoms with Crippen LogP contribution in [-0.4, -0.2) is 17.3 Å². The highest BCUT2D eigenvalue weighted by Crippen LogP contribution is 2.20. The number of nitrogens with one attached hydrogen (secondary N) is 1. The van der Waals surface area contributed by atoms with E-state index in [9.17, 15) is 4.79 Å². The summed E-state index contributed by atoms with van der Waals surface area (Å²) >= 11 is 1.58. The van der Waals surface area contributed by atoms with Crippen LogP contribution >= 0.6 is 11.8 Å². The van der Waals surface area contributed by atoms with Crippen LogP contribution in [-0.2, 0) is 4.79 Å². The molecule has 4 heteroatoms. The number of ketones is 1. The smallest absolute Gasteiger partial charge is 0.167 e. The summed E-state index contributed by atoms with van der Waals surface area (Å²) < 4.78 is 0. The van der Waals surface area contributed by atoms with Crippen LogP contribution in [0.5, 0.6) is 0 Å². The molecule has 1 heterocycles. The molecule has 1 N–H and O–H groups in total. The number of para-hydroxylation sites is 1. The Morgan fingerprint density at radius 3 is 2.88 bits per heavy atom. The Labute approximate surface area is 98.2 Å². The summed E-state index contributed by atoms with van der Waals surface area (Å²) in [6.07, 6.45) is 1.62. The molecule has 1 aliphatic rings. The molecule has 0 bridgehead atoms. The number of carbonyl (C=O) groups is 1. The summed E-state index contributed by atoms with van der Waals surface area (Å²) in [4.78, 5) is 11.2. The fraction of sp³-hybridized carbons (Fsp3) is 0.167. The van der Waals surface area contributed by atoms with Crippen molar-refractivity contribution < 1.29 is 4.79 Å². The van der Waals surface area contributed by atoms with Crippen molar-refractivity contribution in [2.75, 3.05) is 16.8 Å². The van der Waals surface area contributed by atoms with Gasteiger partial charge < -0.3 is 5.32 Å². The average molecular weight is 230 g/mol. The molecule has 0 fully saturated rings. The van der Waals surface area contributed by atoms with Crippen LogP contribution in [0.15, 0.2) is 36.0 Å². The van der Waals surface area contributed by atoms with E-state index in [1.54, 1.807) is 23.9 Å².